The van der Waals surface area contributed by atoms with Crippen molar-refractivity contribution >= 4 is 0 Å². The minimum Gasteiger partial charge on any atom is -0.325 e. The molecule has 1 saturated carbocycles. The number of hydrogen-bond acceptors (Lipinski definition) is 2. The molecule has 2 aliphatic rings. The molecule has 0 aromatic carbocycles. The van der Waals surface area contributed by atoms with Gasteiger partial charge in [0.15, 0.2) is 0 Å². The van der Waals surface area contributed by atoms with Crippen molar-refractivity contribution in [2.24, 2.45) is 11.7 Å². The number of nitrogens with two attached hydrogens (primary N) is 1. The first-order valence-electron chi connectivity index (χ1n) is 4.16. The van der Waals surface area contributed by atoms with Crippen LogP contribution in [-0.4, -0.2) is 10.2 Å². The van der Waals surface area contributed by atoms with E-state index >= 15 is 0 Å². The summed E-state index contributed by atoms with van der Waals surface area (Å²) in [5, 5.41) is 7.28. The molecule has 3 rings (SSSR count). The predicted octanol–water partition coefficient (Wildman–Crippen LogP) is 0.528. The van der Waals surface area contributed by atoms with E-state index in [1.165, 1.54) is 24.1 Å². The van der Waals surface area contributed by atoms with Crippen LogP contribution < -0.4 is 5.73 Å². The van der Waals surface area contributed by atoms with E-state index < -0.39 is 0 Å². The van der Waals surface area contributed by atoms with Crippen LogP contribution in [-0.2, 0) is 13.0 Å². The largest absolute Gasteiger partial charge is 0.325 e. The highest BCUT2D eigenvalue weighted by Crippen LogP contribution is 2.55. The third kappa shape index (κ3) is 0.594. The molecule has 3 heteroatoms. The van der Waals surface area contributed by atoms with Gasteiger partial charge < -0.3 is 5.73 Å². The van der Waals surface area contributed by atoms with Crippen LogP contribution in [0.15, 0.2) is 0 Å². The molecule has 1 fully saturated rings. The van der Waals surface area contributed by atoms with Crippen LogP contribution in [0.3, 0.4) is 0 Å². The zero-order valence-corrected chi connectivity index (χ0v) is 6.30. The summed E-state index contributed by atoms with van der Waals surface area (Å²) in [6.45, 7) is 0.589. The van der Waals surface area contributed by atoms with Gasteiger partial charge >= 0.3 is 0 Å². The molecule has 1 aromatic heterocycles. The van der Waals surface area contributed by atoms with Crippen molar-refractivity contribution in [3.8, 4) is 0 Å². The van der Waals surface area contributed by atoms with Crippen molar-refractivity contribution in [1.82, 2.24) is 10.2 Å². The van der Waals surface area contributed by atoms with Gasteiger partial charge in [0, 0.05) is 18.2 Å². The Kier molecular flexibility index (Phi) is 0.874. The summed E-state index contributed by atoms with van der Waals surface area (Å²) < 4.78 is 0. The molecule has 58 valence electrons. The van der Waals surface area contributed by atoms with E-state index in [1.807, 2.05) is 0 Å². The standard InChI is InChI=1S/C8H11N3/c9-3-7-6-2-4-1-5(4)8(6)11-10-7/h4-5H,1-3,9H2,(H,10,11)/t4-,5-/m1/s1. The molecule has 0 aliphatic heterocycles. The summed E-state index contributed by atoms with van der Waals surface area (Å²) in [4.78, 5) is 0. The first-order chi connectivity index (χ1) is 5.40. The third-order valence-corrected chi connectivity index (χ3v) is 2.94. The number of rotatable bonds is 1. The minimum absolute atomic E-state index is 0.589. The van der Waals surface area contributed by atoms with Crippen LogP contribution in [0.5, 0.6) is 0 Å². The maximum absolute atomic E-state index is 5.55. The molecular formula is C8H11N3. The topological polar surface area (TPSA) is 54.7 Å². The minimum atomic E-state index is 0.589. The summed E-state index contributed by atoms with van der Waals surface area (Å²) in [6.07, 6.45) is 2.60. The number of hydrogen-bond donors (Lipinski definition) is 2. The molecule has 0 saturated heterocycles. The lowest BCUT2D eigenvalue weighted by Gasteiger charge is -1.94. The lowest BCUT2D eigenvalue weighted by atomic mass is 10.1. The van der Waals surface area contributed by atoms with Crippen molar-refractivity contribution in [3.05, 3.63) is 17.0 Å². The van der Waals surface area contributed by atoms with Gasteiger partial charge in [0.2, 0.25) is 0 Å². The smallest absolute Gasteiger partial charge is 0.0792 e. The first-order valence-corrected chi connectivity index (χ1v) is 4.16. The van der Waals surface area contributed by atoms with Gasteiger partial charge in [-0.05, 0) is 24.3 Å². The Hall–Kier alpha value is -0.830. The second-order valence-electron chi connectivity index (χ2n) is 3.57. The molecule has 0 amide bonds. The van der Waals surface area contributed by atoms with Gasteiger partial charge in [0.25, 0.3) is 0 Å². The Labute approximate surface area is 65.0 Å². The van der Waals surface area contributed by atoms with Gasteiger partial charge in [0.05, 0.1) is 5.69 Å². The summed E-state index contributed by atoms with van der Waals surface area (Å²) in [5.41, 5.74) is 9.44. The zero-order chi connectivity index (χ0) is 7.42. The number of aromatic nitrogens is 2. The van der Waals surface area contributed by atoms with Crippen LogP contribution in [0.4, 0.5) is 0 Å². The fraction of sp³-hybridized carbons (Fsp3) is 0.625. The lowest BCUT2D eigenvalue weighted by molar-refractivity contribution is 0.815. The number of nitrogens with zero attached hydrogens (tertiary/aromatic N) is 1. The lowest BCUT2D eigenvalue weighted by Crippen LogP contribution is -2.00. The summed E-state index contributed by atoms with van der Waals surface area (Å²) >= 11 is 0. The van der Waals surface area contributed by atoms with E-state index in [-0.39, 0.29) is 0 Å². The monoisotopic (exact) mass is 149 g/mol. The van der Waals surface area contributed by atoms with Crippen LogP contribution in [0.25, 0.3) is 0 Å². The zero-order valence-electron chi connectivity index (χ0n) is 6.30. The van der Waals surface area contributed by atoms with E-state index in [9.17, 15) is 0 Å². The average Bonchev–Trinajstić information content (AvgIpc) is 2.55. The van der Waals surface area contributed by atoms with Gasteiger partial charge in [-0.1, -0.05) is 0 Å². The van der Waals surface area contributed by atoms with E-state index in [1.54, 1.807) is 0 Å². The third-order valence-electron chi connectivity index (χ3n) is 2.94. The van der Waals surface area contributed by atoms with Gasteiger partial charge in [-0.15, -0.1) is 0 Å². The Morgan fingerprint density at radius 3 is 3.36 bits per heavy atom. The molecule has 3 N–H and O–H groups in total. The van der Waals surface area contributed by atoms with E-state index in [0.717, 1.165) is 17.5 Å². The number of H-pyrrole nitrogens is 1. The highest BCUT2D eigenvalue weighted by molar-refractivity contribution is 5.39. The fourth-order valence-electron chi connectivity index (χ4n) is 2.21. The molecular weight excluding hydrogens is 138 g/mol. The molecule has 2 atom stereocenters. The van der Waals surface area contributed by atoms with Crippen LogP contribution >= 0.6 is 0 Å². The van der Waals surface area contributed by atoms with Crippen LogP contribution in [0.2, 0.25) is 0 Å². The van der Waals surface area contributed by atoms with Gasteiger partial charge in [-0.2, -0.15) is 5.10 Å². The van der Waals surface area contributed by atoms with Crippen molar-refractivity contribution in [2.45, 2.75) is 25.3 Å². The summed E-state index contributed by atoms with van der Waals surface area (Å²) in [5.74, 6) is 1.75. The van der Waals surface area contributed by atoms with Crippen molar-refractivity contribution < 1.29 is 0 Å². The Morgan fingerprint density at radius 1 is 1.64 bits per heavy atom. The molecule has 0 unspecified atom stereocenters. The Balaban J connectivity index is 2.12. The van der Waals surface area contributed by atoms with E-state index in [2.05, 4.69) is 10.2 Å². The molecule has 1 heterocycles. The maximum atomic E-state index is 5.55. The molecule has 0 spiro atoms. The van der Waals surface area contributed by atoms with E-state index in [4.69, 9.17) is 5.73 Å². The first kappa shape index (κ1) is 5.77. The fourth-order valence-corrected chi connectivity index (χ4v) is 2.21. The number of nitrogens with one attached hydrogen (secondary N) is 1. The summed E-state index contributed by atoms with van der Waals surface area (Å²) in [6, 6.07) is 0. The van der Waals surface area contributed by atoms with Gasteiger partial charge in [-0.25, -0.2) is 0 Å². The van der Waals surface area contributed by atoms with Crippen LogP contribution in [0.1, 0.15) is 29.3 Å². The SMILES string of the molecule is NCc1n[nH]c2c1C[C@H]1C[C@@H]21. The molecule has 2 aliphatic carbocycles. The molecule has 0 radical (unpaired) electrons. The van der Waals surface area contributed by atoms with Crippen molar-refractivity contribution in [2.75, 3.05) is 0 Å². The number of aromatic amines is 1. The normalized spacial score (nSPS) is 31.7. The highest BCUT2D eigenvalue weighted by atomic mass is 15.1. The second-order valence-corrected chi connectivity index (χ2v) is 3.57. The highest BCUT2D eigenvalue weighted by Gasteiger charge is 2.47. The van der Waals surface area contributed by atoms with Crippen molar-refractivity contribution in [1.29, 1.82) is 0 Å². The maximum Gasteiger partial charge on any atom is 0.0792 e. The Morgan fingerprint density at radius 2 is 2.55 bits per heavy atom. The molecule has 11 heavy (non-hydrogen) atoms. The van der Waals surface area contributed by atoms with E-state index in [0.29, 0.717) is 6.54 Å². The molecule has 1 aromatic rings. The van der Waals surface area contributed by atoms with Gasteiger partial charge in [-0.3, -0.25) is 5.10 Å². The second kappa shape index (κ2) is 1.67. The van der Waals surface area contributed by atoms with Gasteiger partial charge in [0.1, 0.15) is 0 Å². The van der Waals surface area contributed by atoms with Crippen molar-refractivity contribution in [3.63, 3.8) is 0 Å². The molecule has 3 nitrogen and oxygen atoms in total. The average molecular weight is 149 g/mol. The summed E-state index contributed by atoms with van der Waals surface area (Å²) in [7, 11) is 0. The molecule has 0 bridgehead atoms. The van der Waals surface area contributed by atoms with Crippen LogP contribution in [0, 0.1) is 5.92 Å². The predicted molar refractivity (Wildman–Crippen MR) is 41.0 cm³/mol. The number of fused-ring (bicyclic) bond motifs is 3. The Bertz CT molecular complexity index is 302. The quantitative estimate of drug-likeness (QED) is 0.612.